The molecule has 0 nitrogen and oxygen atoms in total. The van der Waals surface area contributed by atoms with E-state index in [1.54, 1.807) is 0 Å². The van der Waals surface area contributed by atoms with Gasteiger partial charge in [-0.3, -0.25) is 8.63 Å². The first-order valence-electron chi connectivity index (χ1n) is 4.05. The normalized spacial score (nSPS) is 9.90. The molecule has 0 rings (SSSR count). The minimum absolute atomic E-state index is 0.0870. The molecule has 0 amide bonds. The maximum absolute atomic E-state index is 11.5. The van der Waals surface area contributed by atoms with Crippen LogP contribution in [0.15, 0.2) is 0 Å². The Kier molecular flexibility index (Phi) is 6.98. The number of halogens is 2. The van der Waals surface area contributed by atoms with Gasteiger partial charge in [-0.05, 0) is 6.32 Å². The molecule has 0 fully saturated rings. The molecule has 0 aromatic rings. The SMILES string of the molecule is CCCCCCCB(F)F. The van der Waals surface area contributed by atoms with E-state index in [9.17, 15) is 8.63 Å². The molecular formula is C7H15BF2. The second-order valence-electron chi connectivity index (χ2n) is 2.59. The van der Waals surface area contributed by atoms with E-state index in [4.69, 9.17) is 0 Å². The van der Waals surface area contributed by atoms with Crippen molar-refractivity contribution in [3.63, 3.8) is 0 Å². The first-order valence-corrected chi connectivity index (χ1v) is 4.05. The van der Waals surface area contributed by atoms with E-state index in [0.29, 0.717) is 6.42 Å². The molecule has 10 heavy (non-hydrogen) atoms. The maximum Gasteiger partial charge on any atom is 0.538 e. The van der Waals surface area contributed by atoms with E-state index in [-0.39, 0.29) is 6.32 Å². The summed E-state index contributed by atoms with van der Waals surface area (Å²) in [6.07, 6.45) is 5.22. The maximum atomic E-state index is 11.5. The van der Waals surface area contributed by atoms with Gasteiger partial charge in [-0.25, -0.2) is 0 Å². The van der Waals surface area contributed by atoms with Crippen molar-refractivity contribution in [2.75, 3.05) is 0 Å². The van der Waals surface area contributed by atoms with Gasteiger partial charge in [0.1, 0.15) is 0 Å². The van der Waals surface area contributed by atoms with E-state index in [1.807, 2.05) is 0 Å². The lowest BCUT2D eigenvalue weighted by Gasteiger charge is -1.96. The molecule has 0 aliphatic rings. The molecule has 3 heteroatoms. The topological polar surface area (TPSA) is 0 Å². The highest BCUT2D eigenvalue weighted by Crippen LogP contribution is 2.08. The van der Waals surface area contributed by atoms with Gasteiger partial charge in [0.15, 0.2) is 0 Å². The minimum atomic E-state index is -2.10. The van der Waals surface area contributed by atoms with Crippen molar-refractivity contribution in [1.29, 1.82) is 0 Å². The highest BCUT2D eigenvalue weighted by atomic mass is 19.2. The van der Waals surface area contributed by atoms with Crippen molar-refractivity contribution in [3.05, 3.63) is 0 Å². The van der Waals surface area contributed by atoms with E-state index < -0.39 is 7.27 Å². The standard InChI is InChI=1S/C7H15BF2/c1-2-3-4-5-6-7-8(9)10/h2-7H2,1H3. The molecule has 0 saturated heterocycles. The fraction of sp³-hybridized carbons (Fsp3) is 1.00. The summed E-state index contributed by atoms with van der Waals surface area (Å²) in [5, 5.41) is 0. The molecule has 0 heterocycles. The zero-order chi connectivity index (χ0) is 7.82. The van der Waals surface area contributed by atoms with Crippen LogP contribution in [0.3, 0.4) is 0 Å². The van der Waals surface area contributed by atoms with Gasteiger partial charge in [0.05, 0.1) is 0 Å². The van der Waals surface area contributed by atoms with Gasteiger partial charge in [-0.2, -0.15) is 0 Å². The van der Waals surface area contributed by atoms with Crippen LogP contribution in [0.25, 0.3) is 0 Å². The third-order valence-electron chi connectivity index (χ3n) is 1.53. The van der Waals surface area contributed by atoms with E-state index in [1.165, 1.54) is 12.8 Å². The second kappa shape index (κ2) is 7.04. The summed E-state index contributed by atoms with van der Waals surface area (Å²) < 4.78 is 23.1. The highest BCUT2D eigenvalue weighted by Gasteiger charge is 2.09. The van der Waals surface area contributed by atoms with Crippen LogP contribution in [0.1, 0.15) is 39.0 Å². The van der Waals surface area contributed by atoms with Gasteiger partial charge in [-0.1, -0.05) is 39.0 Å². The van der Waals surface area contributed by atoms with Gasteiger partial charge in [0, 0.05) is 0 Å². The molecule has 0 aromatic carbocycles. The first-order chi connectivity index (χ1) is 4.77. The number of hydrogen-bond acceptors (Lipinski definition) is 0. The molecular weight excluding hydrogens is 133 g/mol. The van der Waals surface area contributed by atoms with Crippen LogP contribution in [-0.2, 0) is 0 Å². The van der Waals surface area contributed by atoms with Crippen LogP contribution in [0.4, 0.5) is 8.63 Å². The Bertz CT molecular complexity index is 66.6. The molecule has 0 atom stereocenters. The Morgan fingerprint density at radius 2 is 1.60 bits per heavy atom. The lowest BCUT2D eigenvalue weighted by atomic mass is 9.89. The summed E-state index contributed by atoms with van der Waals surface area (Å²) in [5.41, 5.74) is 0. The first kappa shape index (κ1) is 9.92. The summed E-state index contributed by atoms with van der Waals surface area (Å²) in [6, 6.07) is 0. The monoisotopic (exact) mass is 148 g/mol. The van der Waals surface area contributed by atoms with E-state index in [2.05, 4.69) is 6.92 Å². The predicted molar refractivity (Wildman–Crippen MR) is 41.5 cm³/mol. The molecule has 0 saturated carbocycles. The van der Waals surface area contributed by atoms with Gasteiger partial charge >= 0.3 is 7.27 Å². The van der Waals surface area contributed by atoms with Crippen molar-refractivity contribution >= 4 is 7.27 Å². The smallest absolute Gasteiger partial charge is 0.287 e. The van der Waals surface area contributed by atoms with Gasteiger partial charge in [0.2, 0.25) is 0 Å². The molecule has 0 N–H and O–H groups in total. The lowest BCUT2D eigenvalue weighted by Crippen LogP contribution is -1.94. The fourth-order valence-electron chi connectivity index (χ4n) is 0.902. The summed E-state index contributed by atoms with van der Waals surface area (Å²) >= 11 is 0. The van der Waals surface area contributed by atoms with Crippen molar-refractivity contribution < 1.29 is 8.63 Å². The van der Waals surface area contributed by atoms with Crippen LogP contribution >= 0.6 is 0 Å². The average Bonchev–Trinajstić information content (AvgIpc) is 1.87. The Labute approximate surface area is 62.2 Å². The highest BCUT2D eigenvalue weighted by molar-refractivity contribution is 6.42. The van der Waals surface area contributed by atoms with E-state index >= 15 is 0 Å². The third kappa shape index (κ3) is 7.92. The summed E-state index contributed by atoms with van der Waals surface area (Å²) in [7, 11) is -2.10. The van der Waals surface area contributed by atoms with Gasteiger partial charge < -0.3 is 0 Å². The molecule has 0 bridgehead atoms. The summed E-state index contributed by atoms with van der Waals surface area (Å²) in [4.78, 5) is 0. The average molecular weight is 148 g/mol. The number of rotatable bonds is 6. The van der Waals surface area contributed by atoms with Crippen LogP contribution < -0.4 is 0 Å². The second-order valence-corrected chi connectivity index (χ2v) is 2.59. The lowest BCUT2D eigenvalue weighted by molar-refractivity contribution is 0.609. The molecule has 60 valence electrons. The minimum Gasteiger partial charge on any atom is -0.287 e. The van der Waals surface area contributed by atoms with Crippen molar-refractivity contribution in [2.45, 2.75) is 45.3 Å². The van der Waals surface area contributed by atoms with Crippen LogP contribution in [0.2, 0.25) is 6.32 Å². The largest absolute Gasteiger partial charge is 0.538 e. The Hall–Kier alpha value is -0.0751. The molecule has 0 aromatic heterocycles. The molecule has 0 aliphatic heterocycles. The van der Waals surface area contributed by atoms with Crippen LogP contribution in [0, 0.1) is 0 Å². The summed E-state index contributed by atoms with van der Waals surface area (Å²) in [5.74, 6) is 0. The van der Waals surface area contributed by atoms with Crippen molar-refractivity contribution in [1.82, 2.24) is 0 Å². The van der Waals surface area contributed by atoms with Crippen LogP contribution in [0.5, 0.6) is 0 Å². The Balaban J connectivity index is 2.77. The Morgan fingerprint density at radius 1 is 1.00 bits per heavy atom. The molecule has 0 aliphatic carbocycles. The Morgan fingerprint density at radius 3 is 2.10 bits per heavy atom. The van der Waals surface area contributed by atoms with Gasteiger partial charge in [-0.15, -0.1) is 0 Å². The molecule has 0 unspecified atom stereocenters. The van der Waals surface area contributed by atoms with Crippen molar-refractivity contribution in [3.8, 4) is 0 Å². The van der Waals surface area contributed by atoms with Crippen molar-refractivity contribution in [2.24, 2.45) is 0 Å². The zero-order valence-electron chi connectivity index (χ0n) is 6.58. The van der Waals surface area contributed by atoms with Crippen LogP contribution in [-0.4, -0.2) is 7.27 Å². The quantitative estimate of drug-likeness (QED) is 0.400. The molecule has 0 radical (unpaired) electrons. The zero-order valence-corrected chi connectivity index (χ0v) is 6.58. The van der Waals surface area contributed by atoms with Gasteiger partial charge in [0.25, 0.3) is 0 Å². The predicted octanol–water partition coefficient (Wildman–Crippen LogP) is 3.38. The summed E-state index contributed by atoms with van der Waals surface area (Å²) in [6.45, 7) is 2.12. The number of hydrogen-bond donors (Lipinski definition) is 0. The molecule has 0 spiro atoms. The third-order valence-corrected chi connectivity index (χ3v) is 1.53. The number of unbranched alkanes of at least 4 members (excludes halogenated alkanes) is 4. The van der Waals surface area contributed by atoms with E-state index in [0.717, 1.165) is 12.8 Å². The fourth-order valence-corrected chi connectivity index (χ4v) is 0.902.